The van der Waals surface area contributed by atoms with Crippen LogP contribution in [-0.2, 0) is 40.6 Å². The van der Waals surface area contributed by atoms with Gasteiger partial charge in [-0.25, -0.2) is 19.3 Å². The minimum Gasteiger partial charge on any atom is -0.475 e. The van der Waals surface area contributed by atoms with E-state index in [0.29, 0.717) is 13.2 Å². The van der Waals surface area contributed by atoms with Crippen LogP contribution in [0.4, 0.5) is 26.3 Å². The molecular weight excluding hydrogens is 538 g/mol. The summed E-state index contributed by atoms with van der Waals surface area (Å²) in [5, 5.41) is 26.1. The van der Waals surface area contributed by atoms with Crippen molar-refractivity contribution in [2.24, 2.45) is 0 Å². The average Bonchev–Trinajstić information content (AvgIpc) is 3.36. The van der Waals surface area contributed by atoms with E-state index in [-0.39, 0.29) is 0 Å². The van der Waals surface area contributed by atoms with Gasteiger partial charge >= 0.3 is 24.3 Å². The number of aromatic nitrogens is 4. The van der Waals surface area contributed by atoms with Crippen LogP contribution in [0.3, 0.4) is 0 Å². The SMILES string of the molecule is CN(C)CCOCc1nnn2c1CN(Cc1nccs1)CCC2.O=C(O)C(F)(F)F.O=C(O)C(F)(F)F. The van der Waals surface area contributed by atoms with Crippen molar-refractivity contribution in [2.75, 3.05) is 33.8 Å². The maximum Gasteiger partial charge on any atom is 0.490 e. The van der Waals surface area contributed by atoms with Gasteiger partial charge < -0.3 is 19.8 Å². The summed E-state index contributed by atoms with van der Waals surface area (Å²) in [5.41, 5.74) is 2.15. The summed E-state index contributed by atoms with van der Waals surface area (Å²) in [6.07, 6.45) is -7.21. The number of halogens is 6. The molecular formula is C19H26F6N6O5S. The number of hydrogen-bond acceptors (Lipinski definition) is 9. The van der Waals surface area contributed by atoms with Crippen molar-refractivity contribution in [1.82, 2.24) is 29.8 Å². The number of ether oxygens (including phenoxy) is 1. The number of thiazole rings is 1. The molecule has 1 aliphatic rings. The van der Waals surface area contributed by atoms with Gasteiger partial charge in [0.15, 0.2) is 0 Å². The van der Waals surface area contributed by atoms with Gasteiger partial charge in [-0.3, -0.25) is 4.90 Å². The van der Waals surface area contributed by atoms with Crippen molar-refractivity contribution >= 4 is 23.3 Å². The van der Waals surface area contributed by atoms with Crippen LogP contribution in [0.1, 0.15) is 22.8 Å². The molecule has 2 N–H and O–H groups in total. The van der Waals surface area contributed by atoms with Gasteiger partial charge in [-0.1, -0.05) is 5.21 Å². The summed E-state index contributed by atoms with van der Waals surface area (Å²) in [6, 6.07) is 0. The summed E-state index contributed by atoms with van der Waals surface area (Å²) >= 11 is 1.71. The molecule has 0 aliphatic carbocycles. The third-order valence-electron chi connectivity index (χ3n) is 4.38. The number of carbonyl (C=O) groups is 2. The van der Waals surface area contributed by atoms with E-state index in [9.17, 15) is 26.3 Å². The Morgan fingerprint density at radius 3 is 2.19 bits per heavy atom. The summed E-state index contributed by atoms with van der Waals surface area (Å²) in [4.78, 5) is 26.7. The van der Waals surface area contributed by atoms with Crippen molar-refractivity contribution in [1.29, 1.82) is 0 Å². The number of aliphatic carboxylic acids is 2. The highest BCUT2D eigenvalue weighted by atomic mass is 32.1. The molecule has 3 rings (SSSR count). The van der Waals surface area contributed by atoms with E-state index in [1.165, 1.54) is 5.69 Å². The lowest BCUT2D eigenvalue weighted by atomic mass is 10.3. The number of likely N-dealkylation sites (N-methyl/N-ethyl adjacent to an activating group) is 1. The van der Waals surface area contributed by atoms with Crippen molar-refractivity contribution in [3.05, 3.63) is 28.0 Å². The fourth-order valence-corrected chi connectivity index (χ4v) is 3.30. The fraction of sp³-hybridized carbons (Fsp3) is 0.632. The highest BCUT2D eigenvalue weighted by Gasteiger charge is 2.38. The Balaban J connectivity index is 0.000000404. The molecule has 0 aromatic carbocycles. The van der Waals surface area contributed by atoms with Gasteiger partial charge in [-0.2, -0.15) is 26.3 Å². The summed E-state index contributed by atoms with van der Waals surface area (Å²) in [7, 11) is 4.09. The van der Waals surface area contributed by atoms with Gasteiger partial charge in [0.2, 0.25) is 0 Å². The molecule has 0 amide bonds. The zero-order valence-corrected chi connectivity index (χ0v) is 20.6. The molecule has 0 atom stereocenters. The minimum atomic E-state index is -5.08. The second kappa shape index (κ2) is 14.8. The molecule has 2 aromatic rings. The highest BCUT2D eigenvalue weighted by molar-refractivity contribution is 7.09. The van der Waals surface area contributed by atoms with Crippen LogP contribution in [0.2, 0.25) is 0 Å². The molecule has 3 heterocycles. The largest absolute Gasteiger partial charge is 0.490 e. The second-order valence-corrected chi connectivity index (χ2v) is 8.64. The monoisotopic (exact) mass is 564 g/mol. The third kappa shape index (κ3) is 12.8. The van der Waals surface area contributed by atoms with Gasteiger partial charge in [0.25, 0.3) is 0 Å². The van der Waals surface area contributed by atoms with Crippen molar-refractivity contribution in [3.8, 4) is 0 Å². The fourth-order valence-electron chi connectivity index (χ4n) is 2.64. The first-order valence-corrected chi connectivity index (χ1v) is 11.3. The molecule has 2 aromatic heterocycles. The zero-order chi connectivity index (χ0) is 28.2. The van der Waals surface area contributed by atoms with Gasteiger partial charge in [0, 0.05) is 37.8 Å². The summed E-state index contributed by atoms with van der Waals surface area (Å²) in [5.74, 6) is -5.51. The summed E-state index contributed by atoms with van der Waals surface area (Å²) < 4.78 is 71.3. The maximum atomic E-state index is 10.6. The van der Waals surface area contributed by atoms with Crippen LogP contribution in [0.5, 0.6) is 0 Å². The standard InChI is InChI=1S/C15H24N6OS.2C2HF3O2/c1-19(2)7-8-22-12-13-14-10-20(11-15-16-4-9-23-15)5-3-6-21(14)18-17-13;2*3-2(4,5)1(6)7/h4,9H,3,5-8,10-12H2,1-2H3;2*(H,6,7). The smallest absolute Gasteiger partial charge is 0.475 e. The second-order valence-electron chi connectivity index (χ2n) is 7.66. The van der Waals surface area contributed by atoms with E-state index >= 15 is 0 Å². The normalized spacial score (nSPS) is 14.1. The Bertz CT molecular complexity index is 944. The first-order chi connectivity index (χ1) is 17.1. The van der Waals surface area contributed by atoms with Crippen molar-refractivity contribution < 1.29 is 50.9 Å². The predicted octanol–water partition coefficient (Wildman–Crippen LogP) is 2.49. The molecule has 11 nitrogen and oxygen atoms in total. The molecule has 0 radical (unpaired) electrons. The number of nitrogens with zero attached hydrogens (tertiary/aromatic N) is 6. The number of hydrogen-bond donors (Lipinski definition) is 2. The molecule has 0 bridgehead atoms. The number of carboxylic acid groups (broad SMARTS) is 2. The lowest BCUT2D eigenvalue weighted by Crippen LogP contribution is -2.23. The van der Waals surface area contributed by atoms with Gasteiger partial charge in [0.1, 0.15) is 10.7 Å². The van der Waals surface area contributed by atoms with E-state index in [2.05, 4.69) is 25.1 Å². The Hall–Kier alpha value is -2.83. The van der Waals surface area contributed by atoms with Crippen molar-refractivity contribution in [3.63, 3.8) is 0 Å². The number of fused-ring (bicyclic) bond motifs is 1. The summed E-state index contributed by atoms with van der Waals surface area (Å²) in [6.45, 7) is 5.90. The topological polar surface area (TPSA) is 134 Å². The van der Waals surface area contributed by atoms with Gasteiger partial charge in [-0.05, 0) is 20.5 Å². The molecule has 210 valence electrons. The molecule has 0 unspecified atom stereocenters. The zero-order valence-electron chi connectivity index (χ0n) is 19.8. The van der Waals surface area contributed by atoms with Crippen LogP contribution in [0.25, 0.3) is 0 Å². The van der Waals surface area contributed by atoms with Crippen LogP contribution >= 0.6 is 11.3 Å². The van der Waals surface area contributed by atoms with E-state index in [0.717, 1.165) is 49.8 Å². The van der Waals surface area contributed by atoms with Crippen LogP contribution < -0.4 is 0 Å². The Morgan fingerprint density at radius 2 is 1.70 bits per heavy atom. The molecule has 37 heavy (non-hydrogen) atoms. The quantitative estimate of drug-likeness (QED) is 0.382. The van der Waals surface area contributed by atoms with E-state index < -0.39 is 24.3 Å². The first-order valence-electron chi connectivity index (χ1n) is 10.5. The van der Waals surface area contributed by atoms with Gasteiger partial charge in [-0.15, -0.1) is 16.4 Å². The number of rotatable bonds is 7. The van der Waals surface area contributed by atoms with E-state index in [4.69, 9.17) is 24.5 Å². The predicted molar refractivity (Wildman–Crippen MR) is 116 cm³/mol. The lowest BCUT2D eigenvalue weighted by Gasteiger charge is -2.18. The van der Waals surface area contributed by atoms with E-state index in [1.807, 2.05) is 30.4 Å². The van der Waals surface area contributed by atoms with Crippen molar-refractivity contribution in [2.45, 2.75) is 45.0 Å². The maximum absolute atomic E-state index is 10.6. The molecule has 0 saturated heterocycles. The number of alkyl halides is 6. The average molecular weight is 565 g/mol. The van der Waals surface area contributed by atoms with Crippen LogP contribution in [-0.4, -0.2) is 98.1 Å². The Labute approximate surface area is 211 Å². The Morgan fingerprint density at radius 1 is 1.11 bits per heavy atom. The third-order valence-corrected chi connectivity index (χ3v) is 5.15. The first kappa shape index (κ1) is 32.2. The molecule has 1 aliphatic heterocycles. The minimum absolute atomic E-state index is 0.536. The number of aryl methyl sites for hydroxylation is 1. The molecule has 0 spiro atoms. The molecule has 18 heteroatoms. The van der Waals surface area contributed by atoms with Crippen LogP contribution in [0.15, 0.2) is 11.6 Å². The number of carboxylic acids is 2. The van der Waals surface area contributed by atoms with Crippen LogP contribution in [0, 0.1) is 0 Å². The molecule has 0 saturated carbocycles. The van der Waals surface area contributed by atoms with E-state index in [1.54, 1.807) is 11.3 Å². The van der Waals surface area contributed by atoms with Gasteiger partial charge in [0.05, 0.1) is 25.5 Å². The highest BCUT2D eigenvalue weighted by Crippen LogP contribution is 2.18. The molecule has 0 fully saturated rings. The Kier molecular flexibility index (Phi) is 12.9. The lowest BCUT2D eigenvalue weighted by molar-refractivity contribution is -0.193.